The molecule has 0 unspecified atom stereocenters. The number of nitrogen functional groups attached to an aromatic ring is 1. The van der Waals surface area contributed by atoms with Crippen LogP contribution in [0.1, 0.15) is 52.6 Å². The van der Waals surface area contributed by atoms with Gasteiger partial charge < -0.3 is 21.1 Å². The first kappa shape index (κ1) is 26.1. The van der Waals surface area contributed by atoms with Crippen LogP contribution in [0.5, 0.6) is 0 Å². The number of nitrogens with zero attached hydrogens (tertiary/aromatic N) is 3. The third kappa shape index (κ3) is 5.53. The van der Waals surface area contributed by atoms with E-state index in [1.165, 1.54) is 4.57 Å². The van der Waals surface area contributed by atoms with Crippen LogP contribution in [0.25, 0.3) is 0 Å². The second-order valence-electron chi connectivity index (χ2n) is 9.64. The van der Waals surface area contributed by atoms with E-state index < -0.39 is 12.1 Å². The Labute approximate surface area is 227 Å². The molecule has 1 aliphatic rings. The maximum Gasteiger partial charge on any atom is 0.294 e. The van der Waals surface area contributed by atoms with Gasteiger partial charge >= 0.3 is 0 Å². The monoisotopic (exact) mass is 524 g/mol. The van der Waals surface area contributed by atoms with Gasteiger partial charge in [-0.2, -0.15) is 0 Å². The number of carbonyl (C=O) groups is 1. The number of benzene rings is 2. The Morgan fingerprint density at radius 1 is 1.08 bits per heavy atom. The van der Waals surface area contributed by atoms with Crippen molar-refractivity contribution in [3.8, 4) is 0 Å². The molecule has 1 amide bonds. The van der Waals surface area contributed by atoms with Gasteiger partial charge in [0.05, 0.1) is 11.9 Å². The maximum absolute atomic E-state index is 13.7. The summed E-state index contributed by atoms with van der Waals surface area (Å²) in [7, 11) is 1.57. The van der Waals surface area contributed by atoms with Crippen molar-refractivity contribution in [2.45, 2.75) is 38.0 Å². The van der Waals surface area contributed by atoms with Gasteiger partial charge in [-0.05, 0) is 29.7 Å². The van der Waals surface area contributed by atoms with Crippen LogP contribution in [0.4, 0.5) is 11.6 Å². The highest BCUT2D eigenvalue weighted by atomic mass is 16.5. The summed E-state index contributed by atoms with van der Waals surface area (Å²) in [4.78, 5) is 35.7. The summed E-state index contributed by atoms with van der Waals surface area (Å²) in [5.41, 5.74) is 9.84. The molecule has 9 nitrogen and oxygen atoms in total. The molecule has 4 aromatic rings. The van der Waals surface area contributed by atoms with Crippen LogP contribution in [-0.2, 0) is 16.1 Å². The second kappa shape index (κ2) is 11.5. The van der Waals surface area contributed by atoms with Crippen LogP contribution >= 0.6 is 0 Å². The van der Waals surface area contributed by atoms with Crippen molar-refractivity contribution in [2.24, 2.45) is 0 Å². The third-order valence-corrected chi connectivity index (χ3v) is 7.24. The van der Waals surface area contributed by atoms with E-state index in [1.54, 1.807) is 19.4 Å². The molecule has 3 heterocycles. The molecule has 9 heteroatoms. The van der Waals surface area contributed by atoms with Crippen molar-refractivity contribution < 1.29 is 9.53 Å². The molecule has 4 N–H and O–H groups in total. The molecule has 2 aromatic carbocycles. The number of hydrogen-bond donors (Lipinski definition) is 3. The van der Waals surface area contributed by atoms with Crippen molar-refractivity contribution in [2.75, 3.05) is 24.7 Å². The van der Waals surface area contributed by atoms with E-state index in [4.69, 9.17) is 10.5 Å². The number of aromatic nitrogens is 3. The van der Waals surface area contributed by atoms with E-state index in [2.05, 4.69) is 44.9 Å². The Morgan fingerprint density at radius 3 is 2.36 bits per heavy atom. The number of ether oxygens (including phenoxy) is 1. The first-order valence-corrected chi connectivity index (χ1v) is 12.9. The van der Waals surface area contributed by atoms with E-state index >= 15 is 0 Å². The summed E-state index contributed by atoms with van der Waals surface area (Å²) in [6, 6.07) is 23.1. The average Bonchev–Trinajstić information content (AvgIpc) is 3.34. The van der Waals surface area contributed by atoms with Gasteiger partial charge in [0.25, 0.3) is 5.56 Å². The summed E-state index contributed by atoms with van der Waals surface area (Å²) < 4.78 is 7.10. The van der Waals surface area contributed by atoms with E-state index in [0.717, 1.165) is 22.4 Å². The molecule has 1 aliphatic heterocycles. The number of fused-ring (bicyclic) bond motifs is 1. The fourth-order valence-corrected chi connectivity index (χ4v) is 5.12. The van der Waals surface area contributed by atoms with Gasteiger partial charge in [-0.3, -0.25) is 14.2 Å². The van der Waals surface area contributed by atoms with Crippen molar-refractivity contribution in [3.63, 3.8) is 0 Å². The zero-order valence-electron chi connectivity index (χ0n) is 22.0. The molecule has 2 aromatic heterocycles. The van der Waals surface area contributed by atoms with Gasteiger partial charge in [-0.15, -0.1) is 0 Å². The summed E-state index contributed by atoms with van der Waals surface area (Å²) in [6.07, 6.45) is 1.56. The predicted octanol–water partition coefficient (Wildman–Crippen LogP) is 3.72. The maximum atomic E-state index is 13.7. The van der Waals surface area contributed by atoms with Crippen molar-refractivity contribution >= 4 is 17.5 Å². The molecule has 39 heavy (non-hydrogen) atoms. The number of carbonyl (C=O) groups excluding carboxylic acids is 1. The second-order valence-corrected chi connectivity index (χ2v) is 9.64. The quantitative estimate of drug-likeness (QED) is 0.305. The SMILES string of the molecule is CO[C@@H]1C[C@@H](C(=O)NCc2ccc(N)nc2C)n2c1cnc(NCC(c1ccccc1)c1ccccc1)c2=O. The number of aryl methyl sites for hydroxylation is 1. The molecule has 200 valence electrons. The minimum absolute atomic E-state index is 0.00873. The van der Waals surface area contributed by atoms with E-state index in [-0.39, 0.29) is 29.7 Å². The fraction of sp³-hybridized carbons (Fsp3) is 0.267. The van der Waals surface area contributed by atoms with Crippen molar-refractivity contribution in [3.05, 3.63) is 117 Å². The number of amides is 1. The minimum atomic E-state index is -0.720. The van der Waals surface area contributed by atoms with Gasteiger partial charge in [0.1, 0.15) is 18.0 Å². The number of pyridine rings is 1. The third-order valence-electron chi connectivity index (χ3n) is 7.24. The lowest BCUT2D eigenvalue weighted by atomic mass is 9.91. The lowest BCUT2D eigenvalue weighted by Gasteiger charge is -2.20. The Bertz CT molecular complexity index is 1470. The summed E-state index contributed by atoms with van der Waals surface area (Å²) >= 11 is 0. The summed E-state index contributed by atoms with van der Waals surface area (Å²) in [5.74, 6) is 0.368. The van der Waals surface area contributed by atoms with Crippen molar-refractivity contribution in [1.29, 1.82) is 0 Å². The van der Waals surface area contributed by atoms with Crippen molar-refractivity contribution in [1.82, 2.24) is 19.9 Å². The van der Waals surface area contributed by atoms with Gasteiger partial charge in [-0.25, -0.2) is 9.97 Å². The molecule has 0 bridgehead atoms. The highest BCUT2D eigenvalue weighted by molar-refractivity contribution is 5.81. The topological polar surface area (TPSA) is 124 Å². The molecule has 0 spiro atoms. The first-order chi connectivity index (χ1) is 19.0. The lowest BCUT2D eigenvalue weighted by molar-refractivity contribution is -0.124. The van der Waals surface area contributed by atoms with Crippen LogP contribution in [-0.4, -0.2) is 34.1 Å². The average molecular weight is 525 g/mol. The molecule has 0 fully saturated rings. The standard InChI is InChI=1S/C30H32N6O3/c1-19-22(13-14-27(31)35-19)16-34-29(37)24-15-26(39-2)25-18-33-28(30(38)36(24)25)32-17-23(20-9-5-3-6-10-20)21-11-7-4-8-12-21/h3-14,18,23-24,26H,15-17H2,1-2H3,(H2,31,35)(H,32,33)(H,34,37)/t24-,26+/m0/s1. The van der Waals surface area contributed by atoms with Gasteiger partial charge in [0.15, 0.2) is 5.82 Å². The largest absolute Gasteiger partial charge is 0.384 e. The van der Waals surface area contributed by atoms with E-state index in [0.29, 0.717) is 24.5 Å². The molecular weight excluding hydrogens is 492 g/mol. The Balaban J connectivity index is 1.38. The van der Waals surface area contributed by atoms with Gasteiger partial charge in [-0.1, -0.05) is 66.7 Å². The Hall–Kier alpha value is -4.50. The molecule has 0 saturated heterocycles. The van der Waals surface area contributed by atoms with Crippen LogP contribution in [0.3, 0.4) is 0 Å². The van der Waals surface area contributed by atoms with Gasteiger partial charge in [0.2, 0.25) is 5.91 Å². The smallest absolute Gasteiger partial charge is 0.294 e. The highest BCUT2D eigenvalue weighted by Gasteiger charge is 2.37. The summed E-state index contributed by atoms with van der Waals surface area (Å²) in [6.45, 7) is 2.59. The minimum Gasteiger partial charge on any atom is -0.384 e. The van der Waals surface area contributed by atoms with Gasteiger partial charge in [0, 0.05) is 38.2 Å². The number of anilines is 2. The van der Waals surface area contributed by atoms with E-state index in [1.807, 2.05) is 49.4 Å². The number of nitrogens with one attached hydrogen (secondary N) is 2. The molecule has 5 rings (SSSR count). The zero-order valence-corrected chi connectivity index (χ0v) is 22.0. The fourth-order valence-electron chi connectivity index (χ4n) is 5.12. The predicted molar refractivity (Wildman–Crippen MR) is 150 cm³/mol. The summed E-state index contributed by atoms with van der Waals surface area (Å²) in [5, 5.41) is 6.22. The number of rotatable bonds is 9. The van der Waals surface area contributed by atoms with Crippen LogP contribution < -0.4 is 21.9 Å². The number of nitrogens with two attached hydrogens (primary N) is 1. The van der Waals surface area contributed by atoms with Crippen LogP contribution in [0.15, 0.2) is 83.8 Å². The molecular formula is C30H32N6O3. The molecule has 0 aliphatic carbocycles. The lowest BCUT2D eigenvalue weighted by Crippen LogP contribution is -2.36. The number of methoxy groups -OCH3 is 1. The zero-order chi connectivity index (χ0) is 27.4. The highest BCUT2D eigenvalue weighted by Crippen LogP contribution is 2.35. The molecule has 2 atom stereocenters. The first-order valence-electron chi connectivity index (χ1n) is 12.9. The number of hydrogen-bond acceptors (Lipinski definition) is 7. The Morgan fingerprint density at radius 2 is 1.74 bits per heavy atom. The molecule has 0 radical (unpaired) electrons. The van der Waals surface area contributed by atoms with Crippen LogP contribution in [0.2, 0.25) is 0 Å². The normalized spacial score (nSPS) is 16.2. The Kier molecular flexibility index (Phi) is 7.69. The van der Waals surface area contributed by atoms with Crippen LogP contribution in [0, 0.1) is 6.92 Å². The molecule has 0 saturated carbocycles. The van der Waals surface area contributed by atoms with E-state index in [9.17, 15) is 9.59 Å².